The van der Waals surface area contributed by atoms with Gasteiger partial charge in [-0.1, -0.05) is 0 Å². The third-order valence-electron chi connectivity index (χ3n) is 3.74. The van der Waals surface area contributed by atoms with Crippen molar-refractivity contribution in [3.8, 4) is 0 Å². The Bertz CT molecular complexity index is 488. The van der Waals surface area contributed by atoms with Gasteiger partial charge in [0.05, 0.1) is 6.10 Å². The fourth-order valence-electron chi connectivity index (χ4n) is 2.45. The second-order valence-electron chi connectivity index (χ2n) is 5.12. The molecule has 1 unspecified atom stereocenters. The molecule has 1 aromatic rings. The zero-order valence-corrected chi connectivity index (χ0v) is 11.1. The predicted molar refractivity (Wildman–Crippen MR) is 66.6 cm³/mol. The third-order valence-corrected chi connectivity index (χ3v) is 3.74. The number of carbonyl (C=O) groups excluding carboxylic acids is 1. The van der Waals surface area contributed by atoms with Crippen molar-refractivity contribution in [2.75, 3.05) is 13.1 Å². The lowest BCUT2D eigenvalue weighted by Gasteiger charge is -2.33. The number of halogens is 3. The molecular formula is C14H16F3NO2. The van der Waals surface area contributed by atoms with Crippen LogP contribution in [0.15, 0.2) is 12.1 Å². The highest BCUT2D eigenvalue weighted by Crippen LogP contribution is 2.23. The summed E-state index contributed by atoms with van der Waals surface area (Å²) in [5.74, 6) is -4.71. The number of carbonyl (C=O) groups is 1. The first kappa shape index (κ1) is 14.8. The average molecular weight is 287 g/mol. The van der Waals surface area contributed by atoms with Crippen molar-refractivity contribution in [1.29, 1.82) is 0 Å². The van der Waals surface area contributed by atoms with Gasteiger partial charge in [-0.05, 0) is 37.8 Å². The van der Waals surface area contributed by atoms with Crippen LogP contribution in [0, 0.1) is 23.4 Å². The van der Waals surface area contributed by atoms with Gasteiger partial charge >= 0.3 is 0 Å². The predicted octanol–water partition coefficient (Wildman–Crippen LogP) is 2.34. The summed E-state index contributed by atoms with van der Waals surface area (Å²) in [5, 5.41) is 9.48. The van der Waals surface area contributed by atoms with Crippen LogP contribution in [0.2, 0.25) is 0 Å². The topological polar surface area (TPSA) is 40.5 Å². The molecule has 1 aliphatic rings. The zero-order valence-electron chi connectivity index (χ0n) is 11.1. The summed E-state index contributed by atoms with van der Waals surface area (Å²) in [4.78, 5) is 13.6. The second-order valence-corrected chi connectivity index (χ2v) is 5.12. The summed E-state index contributed by atoms with van der Waals surface area (Å²) in [5.41, 5.74) is -0.197. The van der Waals surface area contributed by atoms with Crippen molar-refractivity contribution >= 4 is 5.91 Å². The first-order chi connectivity index (χ1) is 9.40. The van der Waals surface area contributed by atoms with E-state index in [1.54, 1.807) is 6.92 Å². The summed E-state index contributed by atoms with van der Waals surface area (Å²) in [6, 6.07) is 1.42. The zero-order chi connectivity index (χ0) is 14.9. The maximum absolute atomic E-state index is 13.1. The van der Waals surface area contributed by atoms with E-state index in [4.69, 9.17) is 0 Å². The maximum Gasteiger partial charge on any atom is 0.254 e. The van der Waals surface area contributed by atoms with Gasteiger partial charge in [-0.2, -0.15) is 0 Å². The van der Waals surface area contributed by atoms with E-state index < -0.39 is 29.5 Å². The number of hydrogen-bond acceptors (Lipinski definition) is 2. The van der Waals surface area contributed by atoms with Crippen LogP contribution in [0.3, 0.4) is 0 Å². The van der Waals surface area contributed by atoms with Crippen molar-refractivity contribution < 1.29 is 23.1 Å². The van der Waals surface area contributed by atoms with Crippen LogP contribution in [0.4, 0.5) is 13.2 Å². The Labute approximate surface area is 115 Å². The van der Waals surface area contributed by atoms with E-state index in [0.717, 1.165) is 0 Å². The molecule has 0 aromatic heterocycles. The molecule has 1 amide bonds. The van der Waals surface area contributed by atoms with Crippen molar-refractivity contribution in [3.63, 3.8) is 0 Å². The first-order valence-corrected chi connectivity index (χ1v) is 6.52. The van der Waals surface area contributed by atoms with Gasteiger partial charge in [-0.25, -0.2) is 13.2 Å². The number of piperidine rings is 1. The van der Waals surface area contributed by atoms with Crippen LogP contribution in [-0.4, -0.2) is 35.1 Å². The van der Waals surface area contributed by atoms with Gasteiger partial charge in [-0.3, -0.25) is 4.79 Å². The van der Waals surface area contributed by atoms with E-state index in [1.807, 2.05) is 0 Å². The Hall–Kier alpha value is -1.56. The van der Waals surface area contributed by atoms with Crippen LogP contribution in [0.25, 0.3) is 0 Å². The first-order valence-electron chi connectivity index (χ1n) is 6.52. The van der Waals surface area contributed by atoms with Gasteiger partial charge in [-0.15, -0.1) is 0 Å². The number of hydrogen-bond donors (Lipinski definition) is 1. The van der Waals surface area contributed by atoms with Crippen molar-refractivity contribution in [2.45, 2.75) is 25.9 Å². The lowest BCUT2D eigenvalue weighted by Crippen LogP contribution is -2.40. The molecule has 0 saturated carbocycles. The molecule has 0 bridgehead atoms. The number of aliphatic hydroxyl groups is 1. The summed E-state index contributed by atoms with van der Waals surface area (Å²) >= 11 is 0. The number of aliphatic hydroxyl groups excluding tert-OH is 1. The van der Waals surface area contributed by atoms with Crippen molar-refractivity contribution in [2.24, 2.45) is 5.92 Å². The number of rotatable bonds is 2. The Kier molecular flexibility index (Phi) is 4.32. The fourth-order valence-corrected chi connectivity index (χ4v) is 2.45. The van der Waals surface area contributed by atoms with Crippen LogP contribution < -0.4 is 0 Å². The molecule has 20 heavy (non-hydrogen) atoms. The molecular weight excluding hydrogens is 271 g/mol. The van der Waals surface area contributed by atoms with E-state index >= 15 is 0 Å². The number of nitrogens with zero attached hydrogens (tertiary/aromatic N) is 1. The Balaban J connectivity index is 2.09. The summed E-state index contributed by atoms with van der Waals surface area (Å²) in [6.45, 7) is 2.52. The number of amides is 1. The summed E-state index contributed by atoms with van der Waals surface area (Å²) in [7, 11) is 0. The molecule has 0 spiro atoms. The second kappa shape index (κ2) is 5.83. The number of benzene rings is 1. The number of likely N-dealkylation sites (tertiary alicyclic amines) is 1. The van der Waals surface area contributed by atoms with Gasteiger partial charge in [0, 0.05) is 18.7 Å². The molecule has 1 saturated heterocycles. The maximum atomic E-state index is 13.1. The van der Waals surface area contributed by atoms with E-state index in [2.05, 4.69) is 0 Å². The SMILES string of the molecule is CC(O)C1CCN(C(=O)c2cc(F)c(F)c(F)c2)CC1. The highest BCUT2D eigenvalue weighted by atomic mass is 19.2. The normalized spacial score (nSPS) is 18.1. The van der Waals surface area contributed by atoms with Crippen LogP contribution in [0.5, 0.6) is 0 Å². The van der Waals surface area contributed by atoms with Crippen LogP contribution in [0.1, 0.15) is 30.1 Å². The Morgan fingerprint density at radius 1 is 1.25 bits per heavy atom. The summed E-state index contributed by atoms with van der Waals surface area (Å²) in [6.07, 6.45) is 0.832. The minimum atomic E-state index is -1.57. The highest BCUT2D eigenvalue weighted by Gasteiger charge is 2.27. The minimum Gasteiger partial charge on any atom is -0.393 e. The standard InChI is InChI=1S/C14H16F3NO2/c1-8(19)9-2-4-18(5-3-9)14(20)10-6-11(15)13(17)12(16)7-10/h6-9,19H,2-5H2,1H3. The fraction of sp³-hybridized carbons (Fsp3) is 0.500. The lowest BCUT2D eigenvalue weighted by atomic mass is 9.92. The van der Waals surface area contributed by atoms with Gasteiger partial charge in [0.2, 0.25) is 0 Å². The van der Waals surface area contributed by atoms with Gasteiger partial charge in [0.25, 0.3) is 5.91 Å². The molecule has 2 rings (SSSR count). The Morgan fingerprint density at radius 3 is 2.20 bits per heavy atom. The molecule has 1 atom stereocenters. The highest BCUT2D eigenvalue weighted by molar-refractivity contribution is 5.94. The van der Waals surface area contributed by atoms with E-state index in [1.165, 1.54) is 4.90 Å². The molecule has 0 radical (unpaired) electrons. The minimum absolute atomic E-state index is 0.126. The molecule has 1 aliphatic heterocycles. The largest absolute Gasteiger partial charge is 0.393 e. The Morgan fingerprint density at radius 2 is 1.75 bits per heavy atom. The molecule has 1 fully saturated rings. The van der Waals surface area contributed by atoms with E-state index in [-0.39, 0.29) is 11.5 Å². The van der Waals surface area contributed by atoms with Crippen molar-refractivity contribution in [3.05, 3.63) is 35.1 Å². The van der Waals surface area contributed by atoms with Crippen LogP contribution >= 0.6 is 0 Å². The third kappa shape index (κ3) is 2.95. The molecule has 1 heterocycles. The van der Waals surface area contributed by atoms with Gasteiger partial charge < -0.3 is 10.0 Å². The lowest BCUT2D eigenvalue weighted by molar-refractivity contribution is 0.0520. The molecule has 110 valence electrons. The van der Waals surface area contributed by atoms with Crippen LogP contribution in [-0.2, 0) is 0 Å². The van der Waals surface area contributed by atoms with E-state index in [9.17, 15) is 23.1 Å². The van der Waals surface area contributed by atoms with E-state index in [0.29, 0.717) is 38.1 Å². The van der Waals surface area contributed by atoms with Gasteiger partial charge in [0.1, 0.15) is 0 Å². The smallest absolute Gasteiger partial charge is 0.254 e. The molecule has 0 aliphatic carbocycles. The molecule has 1 aromatic carbocycles. The monoisotopic (exact) mass is 287 g/mol. The average Bonchev–Trinajstić information content (AvgIpc) is 2.43. The quantitative estimate of drug-likeness (QED) is 0.848. The molecule has 3 nitrogen and oxygen atoms in total. The van der Waals surface area contributed by atoms with Crippen molar-refractivity contribution in [1.82, 2.24) is 4.90 Å². The molecule has 6 heteroatoms. The summed E-state index contributed by atoms with van der Waals surface area (Å²) < 4.78 is 39.1. The molecule has 1 N–H and O–H groups in total. The van der Waals surface area contributed by atoms with Gasteiger partial charge in [0.15, 0.2) is 17.5 Å².